The molecule has 0 spiro atoms. The van der Waals surface area contributed by atoms with Gasteiger partial charge in [-0.05, 0) is 117 Å². The minimum atomic E-state index is -0.196. The Morgan fingerprint density at radius 1 is 0.969 bits per heavy atom. The van der Waals surface area contributed by atoms with Gasteiger partial charge in [0.15, 0.2) is 0 Å². The number of fused-ring (bicyclic) bond motifs is 5. The number of aliphatic hydroxyl groups is 2. The van der Waals surface area contributed by atoms with E-state index >= 15 is 0 Å². The molecule has 1 unspecified atom stereocenters. The van der Waals surface area contributed by atoms with E-state index in [9.17, 15) is 15.0 Å². The lowest BCUT2D eigenvalue weighted by Gasteiger charge is -2.62. The van der Waals surface area contributed by atoms with Crippen molar-refractivity contribution in [3.63, 3.8) is 0 Å². The third-order valence-corrected chi connectivity index (χ3v) is 11.7. The smallest absolute Gasteiger partial charge is 0.222 e. The number of hydrogen-bond donors (Lipinski definition) is 2. The van der Waals surface area contributed by atoms with Crippen LogP contribution in [0.1, 0.15) is 97.8 Å². The van der Waals surface area contributed by atoms with Crippen molar-refractivity contribution in [3.8, 4) is 0 Å². The summed E-state index contributed by atoms with van der Waals surface area (Å²) in [6, 6.07) is 0. The van der Waals surface area contributed by atoms with Crippen LogP contribution >= 0.6 is 0 Å². The summed E-state index contributed by atoms with van der Waals surface area (Å²) in [5.74, 6) is 3.81. The first-order valence-electron chi connectivity index (χ1n) is 13.9. The van der Waals surface area contributed by atoms with Crippen molar-refractivity contribution in [2.24, 2.45) is 46.3 Å². The molecule has 4 saturated carbocycles. The molecule has 1 heterocycles. The molecule has 1 amide bonds. The van der Waals surface area contributed by atoms with Crippen LogP contribution in [0.5, 0.6) is 0 Å². The van der Waals surface area contributed by atoms with E-state index < -0.39 is 0 Å². The number of carbonyl (C=O) groups is 1. The highest BCUT2D eigenvalue weighted by molar-refractivity contribution is 5.76. The molecule has 0 bridgehead atoms. The Bertz CT molecular complexity index is 705. The highest BCUT2D eigenvalue weighted by atomic mass is 16.3. The van der Waals surface area contributed by atoms with Crippen molar-refractivity contribution < 1.29 is 15.0 Å². The fraction of sp³-hybridized carbons (Fsp3) is 0.964. The van der Waals surface area contributed by atoms with Crippen molar-refractivity contribution in [3.05, 3.63) is 0 Å². The van der Waals surface area contributed by atoms with Crippen LogP contribution in [0.25, 0.3) is 0 Å². The summed E-state index contributed by atoms with van der Waals surface area (Å²) in [6.45, 7) is 9.37. The molecule has 4 aliphatic carbocycles. The van der Waals surface area contributed by atoms with E-state index in [4.69, 9.17) is 0 Å². The van der Waals surface area contributed by atoms with Gasteiger partial charge in [-0.2, -0.15) is 0 Å². The third-order valence-electron chi connectivity index (χ3n) is 11.7. The summed E-state index contributed by atoms with van der Waals surface area (Å²) in [5, 5.41) is 21.7. The molecule has 32 heavy (non-hydrogen) atoms. The first-order chi connectivity index (χ1) is 15.2. The van der Waals surface area contributed by atoms with Crippen LogP contribution in [0, 0.1) is 46.3 Å². The fourth-order valence-corrected chi connectivity index (χ4v) is 9.85. The molecule has 5 aliphatic rings. The van der Waals surface area contributed by atoms with E-state index in [1.54, 1.807) is 0 Å². The summed E-state index contributed by atoms with van der Waals surface area (Å²) in [7, 11) is 0. The molecule has 0 aromatic heterocycles. The zero-order chi connectivity index (χ0) is 22.7. The van der Waals surface area contributed by atoms with Crippen LogP contribution in [0.15, 0.2) is 0 Å². The molecule has 4 nitrogen and oxygen atoms in total. The minimum Gasteiger partial charge on any atom is -0.393 e. The Morgan fingerprint density at radius 2 is 1.66 bits per heavy atom. The molecule has 182 valence electrons. The van der Waals surface area contributed by atoms with E-state index in [2.05, 4.69) is 25.7 Å². The summed E-state index contributed by atoms with van der Waals surface area (Å²) < 4.78 is 0. The van der Waals surface area contributed by atoms with Crippen LogP contribution in [-0.2, 0) is 4.79 Å². The first-order valence-corrected chi connectivity index (χ1v) is 13.9. The molecule has 4 heteroatoms. The van der Waals surface area contributed by atoms with Gasteiger partial charge in [-0.3, -0.25) is 4.79 Å². The normalized spacial score (nSPS) is 49.3. The number of likely N-dealkylation sites (tertiary alicyclic amines) is 1. The van der Waals surface area contributed by atoms with Gasteiger partial charge in [-0.25, -0.2) is 0 Å². The second-order valence-corrected chi connectivity index (χ2v) is 13.1. The topological polar surface area (TPSA) is 60.8 Å². The lowest BCUT2D eigenvalue weighted by atomic mass is 9.43. The average molecular weight is 446 g/mol. The van der Waals surface area contributed by atoms with Crippen molar-refractivity contribution in [1.82, 2.24) is 4.90 Å². The van der Waals surface area contributed by atoms with Crippen LogP contribution in [-0.4, -0.2) is 46.3 Å². The van der Waals surface area contributed by atoms with Crippen molar-refractivity contribution >= 4 is 5.91 Å². The quantitative estimate of drug-likeness (QED) is 0.639. The zero-order valence-electron chi connectivity index (χ0n) is 20.8. The summed E-state index contributed by atoms with van der Waals surface area (Å²) in [4.78, 5) is 14.7. The number of hydrogen-bond acceptors (Lipinski definition) is 3. The van der Waals surface area contributed by atoms with Gasteiger partial charge in [0.25, 0.3) is 0 Å². The molecule has 2 N–H and O–H groups in total. The molecular weight excluding hydrogens is 398 g/mol. The number of aliphatic hydroxyl groups excluding tert-OH is 2. The standard InChI is InChI=1S/C28H47NO3/c1-18(6-9-25(32)29-14-4-5-15-29)21-7-8-22-26-23(11-13-28(21,22)3)27(2)12-10-20(30)16-19(27)17-24(26)31/h18-24,26,30-31H,4-17H2,1-3H3/t18-,19+,20-,21?,22+,23+,24+,26+,27+,28-/m1/s1. The number of carbonyl (C=O) groups excluding carboxylic acids is 1. The molecule has 1 aliphatic heterocycles. The molecule has 5 fully saturated rings. The maximum atomic E-state index is 12.6. The Balaban J connectivity index is 1.28. The van der Waals surface area contributed by atoms with Crippen molar-refractivity contribution in [2.45, 2.75) is 110 Å². The van der Waals surface area contributed by atoms with Gasteiger partial charge in [-0.1, -0.05) is 20.8 Å². The number of nitrogens with zero attached hydrogens (tertiary/aromatic N) is 1. The largest absolute Gasteiger partial charge is 0.393 e. The first kappa shape index (κ1) is 23.1. The molecule has 5 rings (SSSR count). The van der Waals surface area contributed by atoms with Gasteiger partial charge in [0.1, 0.15) is 0 Å². The third kappa shape index (κ3) is 3.67. The van der Waals surface area contributed by atoms with Crippen molar-refractivity contribution in [2.75, 3.05) is 13.1 Å². The van der Waals surface area contributed by atoms with Gasteiger partial charge in [0, 0.05) is 19.5 Å². The monoisotopic (exact) mass is 445 g/mol. The fourth-order valence-electron chi connectivity index (χ4n) is 9.85. The van der Waals surface area contributed by atoms with Crippen LogP contribution in [0.2, 0.25) is 0 Å². The van der Waals surface area contributed by atoms with E-state index in [0.717, 1.165) is 51.6 Å². The summed E-state index contributed by atoms with van der Waals surface area (Å²) in [6.07, 6.45) is 12.7. The van der Waals surface area contributed by atoms with Crippen LogP contribution < -0.4 is 0 Å². The van der Waals surface area contributed by atoms with Gasteiger partial charge in [-0.15, -0.1) is 0 Å². The second-order valence-electron chi connectivity index (χ2n) is 13.1. The van der Waals surface area contributed by atoms with Crippen LogP contribution in [0.3, 0.4) is 0 Å². The minimum absolute atomic E-state index is 0.161. The van der Waals surface area contributed by atoms with E-state index in [1.807, 2.05) is 0 Å². The van der Waals surface area contributed by atoms with Gasteiger partial charge >= 0.3 is 0 Å². The number of amides is 1. The lowest BCUT2D eigenvalue weighted by Crippen LogP contribution is -2.58. The molecule has 0 aromatic rings. The van der Waals surface area contributed by atoms with E-state index in [-0.39, 0.29) is 12.2 Å². The molecular formula is C28H47NO3. The highest BCUT2D eigenvalue weighted by Gasteiger charge is 2.62. The highest BCUT2D eigenvalue weighted by Crippen LogP contribution is 2.68. The Kier molecular flexibility index (Phi) is 6.19. The average Bonchev–Trinajstić information content (AvgIpc) is 3.41. The Morgan fingerprint density at radius 3 is 2.41 bits per heavy atom. The van der Waals surface area contributed by atoms with Gasteiger partial charge < -0.3 is 15.1 Å². The molecule has 1 saturated heterocycles. The Labute approximate surface area is 195 Å². The summed E-state index contributed by atoms with van der Waals surface area (Å²) in [5.41, 5.74) is 0.617. The van der Waals surface area contributed by atoms with E-state index in [0.29, 0.717) is 52.2 Å². The van der Waals surface area contributed by atoms with Gasteiger partial charge in [0.2, 0.25) is 5.91 Å². The second kappa shape index (κ2) is 8.56. The van der Waals surface area contributed by atoms with E-state index in [1.165, 1.54) is 38.5 Å². The van der Waals surface area contributed by atoms with Gasteiger partial charge in [0.05, 0.1) is 12.2 Å². The predicted molar refractivity (Wildman–Crippen MR) is 127 cm³/mol. The van der Waals surface area contributed by atoms with Crippen molar-refractivity contribution in [1.29, 1.82) is 0 Å². The lowest BCUT2D eigenvalue weighted by molar-refractivity contribution is -0.174. The number of rotatable bonds is 4. The zero-order valence-corrected chi connectivity index (χ0v) is 20.8. The van der Waals surface area contributed by atoms with Crippen LogP contribution in [0.4, 0.5) is 0 Å². The molecule has 0 aromatic carbocycles. The maximum Gasteiger partial charge on any atom is 0.222 e. The summed E-state index contributed by atoms with van der Waals surface area (Å²) >= 11 is 0. The Hall–Kier alpha value is -0.610. The SMILES string of the molecule is C[C@H](CCC(=O)N1CCCC1)C1CC[C@H]2[C@@H]3[C@@H](O)C[C@@H]4C[C@H](O)CC[C@]4(C)[C@H]3CC[C@]12C. The molecule has 10 atom stereocenters. The molecule has 0 radical (unpaired) electrons. The predicted octanol–water partition coefficient (Wildman–Crippen LogP) is 5.02. The maximum absolute atomic E-state index is 12.6.